The maximum absolute atomic E-state index is 11.7. The molecule has 0 amide bonds. The van der Waals surface area contributed by atoms with Gasteiger partial charge in [-0.05, 0) is 59.8 Å². The van der Waals surface area contributed by atoms with Crippen LogP contribution in [0.2, 0.25) is 0 Å². The number of hydrogen-bond donors (Lipinski definition) is 0. The standard InChI is InChI=1S/C14H20BrNO2S/c1-19(2,17)16-11-8-9-14(13(15)10-11)18-12-6-4-3-5-7-12/h8-10,12H,3-7H2,1-2H3. The van der Waals surface area contributed by atoms with Gasteiger partial charge in [0.05, 0.1) is 16.3 Å². The van der Waals surface area contributed by atoms with Crippen molar-refractivity contribution in [2.75, 3.05) is 12.5 Å². The highest BCUT2D eigenvalue weighted by Crippen LogP contribution is 2.32. The summed E-state index contributed by atoms with van der Waals surface area (Å²) < 4.78 is 22.7. The molecule has 0 atom stereocenters. The van der Waals surface area contributed by atoms with E-state index in [2.05, 4.69) is 20.3 Å². The van der Waals surface area contributed by atoms with E-state index in [0.29, 0.717) is 6.10 Å². The maximum atomic E-state index is 11.7. The van der Waals surface area contributed by atoms with Crippen molar-refractivity contribution < 1.29 is 8.95 Å². The van der Waals surface area contributed by atoms with E-state index in [4.69, 9.17) is 4.74 Å². The van der Waals surface area contributed by atoms with E-state index in [9.17, 15) is 4.21 Å². The van der Waals surface area contributed by atoms with Gasteiger partial charge in [0.25, 0.3) is 0 Å². The molecule has 1 aromatic rings. The second-order valence-corrected chi connectivity index (χ2v) is 8.66. The molecule has 2 rings (SSSR count). The SMILES string of the molecule is CS(C)(=O)=Nc1ccc(OC2CCCCC2)c(Br)c1. The van der Waals surface area contributed by atoms with Gasteiger partial charge in [0.15, 0.2) is 0 Å². The Labute approximate surface area is 124 Å². The summed E-state index contributed by atoms with van der Waals surface area (Å²) >= 11 is 3.50. The molecule has 0 radical (unpaired) electrons. The summed E-state index contributed by atoms with van der Waals surface area (Å²) in [5.41, 5.74) is 0.720. The van der Waals surface area contributed by atoms with Gasteiger partial charge >= 0.3 is 0 Å². The molecule has 0 N–H and O–H groups in total. The van der Waals surface area contributed by atoms with Crippen LogP contribution in [0, 0.1) is 0 Å². The number of halogens is 1. The minimum absolute atomic E-state index is 0.328. The third-order valence-electron chi connectivity index (χ3n) is 3.09. The van der Waals surface area contributed by atoms with Gasteiger partial charge in [0.1, 0.15) is 5.75 Å². The van der Waals surface area contributed by atoms with Gasteiger partial charge in [-0.25, -0.2) is 4.21 Å². The highest BCUT2D eigenvalue weighted by molar-refractivity contribution is 9.10. The molecule has 1 aliphatic rings. The third kappa shape index (κ3) is 4.80. The molecule has 106 valence electrons. The number of ether oxygens (including phenoxy) is 1. The molecule has 1 aliphatic carbocycles. The Balaban J connectivity index is 2.13. The second-order valence-electron chi connectivity index (χ2n) is 5.27. The largest absolute Gasteiger partial charge is 0.489 e. The lowest BCUT2D eigenvalue weighted by Crippen LogP contribution is -2.19. The van der Waals surface area contributed by atoms with Crippen LogP contribution in [0.5, 0.6) is 5.75 Å². The Morgan fingerprint density at radius 3 is 2.53 bits per heavy atom. The van der Waals surface area contributed by atoms with Crippen molar-refractivity contribution in [3.05, 3.63) is 22.7 Å². The maximum Gasteiger partial charge on any atom is 0.134 e. The van der Waals surface area contributed by atoms with Crippen LogP contribution in [-0.4, -0.2) is 22.8 Å². The minimum Gasteiger partial charge on any atom is -0.489 e. The van der Waals surface area contributed by atoms with Crippen molar-refractivity contribution in [3.63, 3.8) is 0 Å². The summed E-state index contributed by atoms with van der Waals surface area (Å²) in [6.07, 6.45) is 9.69. The zero-order chi connectivity index (χ0) is 13.9. The number of benzene rings is 1. The van der Waals surface area contributed by atoms with Crippen LogP contribution in [0.25, 0.3) is 0 Å². The molecule has 1 aromatic carbocycles. The lowest BCUT2D eigenvalue weighted by atomic mass is 9.98. The van der Waals surface area contributed by atoms with Gasteiger partial charge < -0.3 is 4.74 Å². The zero-order valence-electron chi connectivity index (χ0n) is 11.4. The topological polar surface area (TPSA) is 38.7 Å². The predicted molar refractivity (Wildman–Crippen MR) is 83.7 cm³/mol. The molecule has 1 saturated carbocycles. The first kappa shape index (κ1) is 14.9. The van der Waals surface area contributed by atoms with Crippen molar-refractivity contribution in [2.24, 2.45) is 4.36 Å². The highest BCUT2D eigenvalue weighted by Gasteiger charge is 2.16. The Kier molecular flexibility index (Phi) is 4.90. The fourth-order valence-electron chi connectivity index (χ4n) is 2.26. The summed E-state index contributed by atoms with van der Waals surface area (Å²) in [7, 11) is -2.12. The van der Waals surface area contributed by atoms with Gasteiger partial charge in [-0.3, -0.25) is 0 Å². The molecule has 3 nitrogen and oxygen atoms in total. The van der Waals surface area contributed by atoms with Gasteiger partial charge in [-0.1, -0.05) is 6.42 Å². The molecule has 0 heterocycles. The van der Waals surface area contributed by atoms with Crippen LogP contribution < -0.4 is 4.74 Å². The lowest BCUT2D eigenvalue weighted by Gasteiger charge is -2.23. The molecule has 0 unspecified atom stereocenters. The first-order valence-electron chi connectivity index (χ1n) is 6.57. The molecule has 5 heteroatoms. The second kappa shape index (κ2) is 6.27. The molecule has 0 spiro atoms. The van der Waals surface area contributed by atoms with E-state index in [1.807, 2.05) is 18.2 Å². The van der Waals surface area contributed by atoms with E-state index in [1.54, 1.807) is 12.5 Å². The summed E-state index contributed by atoms with van der Waals surface area (Å²) in [5, 5.41) is 0. The highest BCUT2D eigenvalue weighted by atomic mass is 79.9. The fourth-order valence-corrected chi connectivity index (χ4v) is 3.34. The van der Waals surface area contributed by atoms with E-state index >= 15 is 0 Å². The lowest BCUT2D eigenvalue weighted by molar-refractivity contribution is 0.154. The van der Waals surface area contributed by atoms with Gasteiger partial charge in [-0.15, -0.1) is 0 Å². The van der Waals surface area contributed by atoms with Crippen molar-refractivity contribution >= 4 is 31.3 Å². The number of hydrogen-bond acceptors (Lipinski definition) is 3. The Bertz CT molecular complexity index is 551. The average molecular weight is 346 g/mol. The Morgan fingerprint density at radius 2 is 1.95 bits per heavy atom. The summed E-state index contributed by atoms with van der Waals surface area (Å²) in [6.45, 7) is 0. The third-order valence-corrected chi connectivity index (χ3v) is 4.36. The normalized spacial score (nSPS) is 17.2. The monoisotopic (exact) mass is 345 g/mol. The summed E-state index contributed by atoms with van der Waals surface area (Å²) in [5.74, 6) is 0.851. The quantitative estimate of drug-likeness (QED) is 0.807. The fraction of sp³-hybridized carbons (Fsp3) is 0.571. The van der Waals surface area contributed by atoms with Crippen molar-refractivity contribution in [1.82, 2.24) is 0 Å². The minimum atomic E-state index is -2.12. The summed E-state index contributed by atoms with van der Waals surface area (Å²) in [6, 6.07) is 5.63. The Morgan fingerprint density at radius 1 is 1.26 bits per heavy atom. The van der Waals surface area contributed by atoms with Crippen LogP contribution >= 0.6 is 15.9 Å². The van der Waals surface area contributed by atoms with Crippen molar-refractivity contribution in [2.45, 2.75) is 38.2 Å². The van der Waals surface area contributed by atoms with Gasteiger partial charge in [0, 0.05) is 22.2 Å². The van der Waals surface area contributed by atoms with Gasteiger partial charge in [-0.2, -0.15) is 4.36 Å². The smallest absolute Gasteiger partial charge is 0.134 e. The number of nitrogens with zero attached hydrogens (tertiary/aromatic N) is 1. The van der Waals surface area contributed by atoms with Crippen LogP contribution in [0.3, 0.4) is 0 Å². The number of rotatable bonds is 3. The van der Waals surface area contributed by atoms with Crippen LogP contribution in [0.15, 0.2) is 27.0 Å². The van der Waals surface area contributed by atoms with E-state index < -0.39 is 9.73 Å². The first-order valence-corrected chi connectivity index (χ1v) is 9.70. The van der Waals surface area contributed by atoms with Crippen molar-refractivity contribution in [1.29, 1.82) is 0 Å². The van der Waals surface area contributed by atoms with E-state index in [1.165, 1.54) is 19.3 Å². The molecule has 19 heavy (non-hydrogen) atoms. The van der Waals surface area contributed by atoms with Crippen LogP contribution in [-0.2, 0) is 9.73 Å². The molecule has 0 bridgehead atoms. The molecular weight excluding hydrogens is 326 g/mol. The molecule has 0 aromatic heterocycles. The molecule has 0 saturated heterocycles. The zero-order valence-corrected chi connectivity index (χ0v) is 13.8. The van der Waals surface area contributed by atoms with Crippen molar-refractivity contribution in [3.8, 4) is 5.75 Å². The van der Waals surface area contributed by atoms with E-state index in [-0.39, 0.29) is 0 Å². The summed E-state index contributed by atoms with van der Waals surface area (Å²) in [4.78, 5) is 0. The molecule has 0 aliphatic heterocycles. The van der Waals surface area contributed by atoms with Gasteiger partial charge in [0.2, 0.25) is 0 Å². The average Bonchev–Trinajstić information content (AvgIpc) is 2.32. The Hall–Kier alpha value is -0.550. The van der Waals surface area contributed by atoms with E-state index in [0.717, 1.165) is 28.8 Å². The van der Waals surface area contributed by atoms with Crippen LogP contribution in [0.1, 0.15) is 32.1 Å². The predicted octanol–water partition coefficient (Wildman–Crippen LogP) is 4.52. The molecule has 1 fully saturated rings. The van der Waals surface area contributed by atoms with Crippen LogP contribution in [0.4, 0.5) is 5.69 Å². The molecular formula is C14H20BrNO2S. The first-order chi connectivity index (χ1) is 8.94.